The van der Waals surface area contributed by atoms with E-state index in [1.54, 1.807) is 4.68 Å². The molecule has 0 radical (unpaired) electrons. The van der Waals surface area contributed by atoms with Crippen molar-refractivity contribution in [1.82, 2.24) is 20.2 Å². The molecule has 0 bridgehead atoms. The lowest BCUT2D eigenvalue weighted by atomic mass is 9.87. The Kier molecular flexibility index (Phi) is 6.21. The molecule has 0 fully saturated rings. The van der Waals surface area contributed by atoms with Gasteiger partial charge in [0.15, 0.2) is 0 Å². The maximum Gasteiger partial charge on any atom is 0.237 e. The molecular formula is C18H27N5OS. The van der Waals surface area contributed by atoms with E-state index < -0.39 is 0 Å². The molecule has 1 aromatic carbocycles. The summed E-state index contributed by atoms with van der Waals surface area (Å²) >= 11 is 1.37. The van der Waals surface area contributed by atoms with Crippen molar-refractivity contribution in [2.45, 2.75) is 63.9 Å². The zero-order chi connectivity index (χ0) is 18.6. The molecule has 136 valence electrons. The molecule has 7 heteroatoms. The number of carbonyl (C=O) groups is 1. The first-order valence-corrected chi connectivity index (χ1v) is 9.39. The van der Waals surface area contributed by atoms with Crippen molar-refractivity contribution in [3.63, 3.8) is 0 Å². The number of hydrogen-bond acceptors (Lipinski definition) is 5. The van der Waals surface area contributed by atoms with Gasteiger partial charge in [-0.1, -0.05) is 58.5 Å². The lowest BCUT2D eigenvalue weighted by Crippen LogP contribution is -2.23. The monoisotopic (exact) mass is 361 g/mol. The minimum absolute atomic E-state index is 0.0624. The predicted molar refractivity (Wildman–Crippen MR) is 102 cm³/mol. The number of hydrogen-bond donors (Lipinski definition) is 1. The fourth-order valence-electron chi connectivity index (χ4n) is 2.25. The lowest BCUT2D eigenvalue weighted by molar-refractivity contribution is -0.115. The number of benzene rings is 1. The maximum atomic E-state index is 12.4. The van der Waals surface area contributed by atoms with Gasteiger partial charge in [-0.2, -0.15) is 0 Å². The molecule has 0 aliphatic rings. The van der Waals surface area contributed by atoms with Crippen LogP contribution in [0.25, 0.3) is 0 Å². The van der Waals surface area contributed by atoms with E-state index in [2.05, 4.69) is 67.6 Å². The summed E-state index contributed by atoms with van der Waals surface area (Å²) in [6, 6.07) is 7.99. The van der Waals surface area contributed by atoms with Gasteiger partial charge in [-0.05, 0) is 46.4 Å². The first kappa shape index (κ1) is 19.4. The van der Waals surface area contributed by atoms with Crippen LogP contribution in [-0.2, 0) is 16.8 Å². The number of tetrazole rings is 1. The molecule has 0 aliphatic heterocycles. The fourth-order valence-corrected chi connectivity index (χ4v) is 3.05. The average Bonchev–Trinajstić information content (AvgIpc) is 2.93. The number of anilines is 1. The SMILES string of the molecule is CC(C)Cn1nnnc1SC(C)C(=O)Nc1ccc(C(C)(C)C)cc1. The number of amides is 1. The van der Waals surface area contributed by atoms with Crippen LogP contribution in [0.4, 0.5) is 5.69 Å². The zero-order valence-corrected chi connectivity index (χ0v) is 16.6. The van der Waals surface area contributed by atoms with Gasteiger partial charge >= 0.3 is 0 Å². The molecule has 1 N–H and O–H groups in total. The van der Waals surface area contributed by atoms with Crippen LogP contribution < -0.4 is 5.32 Å². The number of aromatic nitrogens is 4. The second-order valence-corrected chi connectivity index (χ2v) is 8.92. The molecular weight excluding hydrogens is 334 g/mol. The van der Waals surface area contributed by atoms with Crippen LogP contribution in [0, 0.1) is 5.92 Å². The van der Waals surface area contributed by atoms with Crippen LogP contribution >= 0.6 is 11.8 Å². The molecule has 2 rings (SSSR count). The lowest BCUT2D eigenvalue weighted by Gasteiger charge is -2.19. The normalized spacial score (nSPS) is 13.1. The Morgan fingerprint density at radius 2 is 1.84 bits per heavy atom. The van der Waals surface area contributed by atoms with E-state index in [4.69, 9.17) is 0 Å². The number of thioether (sulfide) groups is 1. The standard InChI is InChI=1S/C18H27N5OS/c1-12(2)11-23-17(20-21-22-23)25-13(3)16(24)19-15-9-7-14(8-10-15)18(4,5)6/h7-10,12-13H,11H2,1-6H3,(H,19,24). The summed E-state index contributed by atoms with van der Waals surface area (Å²) in [4.78, 5) is 12.4. The Labute approximate surface area is 153 Å². The molecule has 6 nitrogen and oxygen atoms in total. The summed E-state index contributed by atoms with van der Waals surface area (Å²) in [5, 5.41) is 15.1. The maximum absolute atomic E-state index is 12.4. The van der Waals surface area contributed by atoms with Gasteiger partial charge in [-0.3, -0.25) is 4.79 Å². The Morgan fingerprint density at radius 3 is 2.40 bits per heavy atom. The first-order valence-electron chi connectivity index (χ1n) is 8.51. The van der Waals surface area contributed by atoms with Crippen LogP contribution in [0.15, 0.2) is 29.4 Å². The molecule has 2 aromatic rings. The molecule has 1 heterocycles. The van der Waals surface area contributed by atoms with Crippen LogP contribution in [0.3, 0.4) is 0 Å². The van der Waals surface area contributed by atoms with Crippen LogP contribution in [-0.4, -0.2) is 31.4 Å². The van der Waals surface area contributed by atoms with Gasteiger partial charge in [0.05, 0.1) is 5.25 Å². The van der Waals surface area contributed by atoms with Crippen molar-refractivity contribution in [3.05, 3.63) is 29.8 Å². The molecule has 1 atom stereocenters. The van der Waals surface area contributed by atoms with Crippen molar-refractivity contribution in [1.29, 1.82) is 0 Å². The van der Waals surface area contributed by atoms with Gasteiger partial charge in [0.2, 0.25) is 11.1 Å². The highest BCUT2D eigenvalue weighted by atomic mass is 32.2. The molecule has 0 saturated heterocycles. The molecule has 0 saturated carbocycles. The predicted octanol–water partition coefficient (Wildman–Crippen LogP) is 3.75. The highest BCUT2D eigenvalue weighted by Gasteiger charge is 2.19. The average molecular weight is 362 g/mol. The van der Waals surface area contributed by atoms with Gasteiger partial charge in [-0.15, -0.1) is 5.10 Å². The Balaban J connectivity index is 1.98. The molecule has 0 aliphatic carbocycles. The molecule has 25 heavy (non-hydrogen) atoms. The van der Waals surface area contributed by atoms with E-state index >= 15 is 0 Å². The number of rotatable bonds is 6. The van der Waals surface area contributed by atoms with Gasteiger partial charge < -0.3 is 5.32 Å². The van der Waals surface area contributed by atoms with E-state index in [0.717, 1.165) is 12.2 Å². The minimum Gasteiger partial charge on any atom is -0.325 e. The van der Waals surface area contributed by atoms with Crippen LogP contribution in [0.5, 0.6) is 0 Å². The molecule has 1 amide bonds. The van der Waals surface area contributed by atoms with Crippen molar-refractivity contribution in [2.75, 3.05) is 5.32 Å². The molecule has 1 unspecified atom stereocenters. The van der Waals surface area contributed by atoms with E-state index in [1.165, 1.54) is 17.3 Å². The van der Waals surface area contributed by atoms with Crippen molar-refractivity contribution in [3.8, 4) is 0 Å². The number of carbonyl (C=O) groups excluding carboxylic acids is 1. The van der Waals surface area contributed by atoms with Gasteiger partial charge in [-0.25, -0.2) is 4.68 Å². The van der Waals surface area contributed by atoms with E-state index in [1.807, 2.05) is 19.1 Å². The van der Waals surface area contributed by atoms with Crippen molar-refractivity contribution in [2.24, 2.45) is 5.92 Å². The van der Waals surface area contributed by atoms with E-state index in [-0.39, 0.29) is 16.6 Å². The van der Waals surface area contributed by atoms with Gasteiger partial charge in [0, 0.05) is 12.2 Å². The third kappa shape index (κ3) is 5.56. The Morgan fingerprint density at radius 1 is 1.20 bits per heavy atom. The zero-order valence-electron chi connectivity index (χ0n) is 15.8. The smallest absolute Gasteiger partial charge is 0.237 e. The fraction of sp³-hybridized carbons (Fsp3) is 0.556. The highest BCUT2D eigenvalue weighted by molar-refractivity contribution is 8.00. The van der Waals surface area contributed by atoms with Crippen molar-refractivity contribution >= 4 is 23.4 Å². The summed E-state index contributed by atoms with van der Waals surface area (Å²) in [5.74, 6) is 0.376. The Bertz CT molecular complexity index is 703. The van der Waals surface area contributed by atoms with Crippen molar-refractivity contribution < 1.29 is 4.79 Å². The topological polar surface area (TPSA) is 72.7 Å². The third-order valence-electron chi connectivity index (χ3n) is 3.71. The van der Waals surface area contributed by atoms with Crippen LogP contribution in [0.2, 0.25) is 0 Å². The largest absolute Gasteiger partial charge is 0.325 e. The van der Waals surface area contributed by atoms with E-state index in [0.29, 0.717) is 11.1 Å². The summed E-state index contributed by atoms with van der Waals surface area (Å²) in [6.45, 7) is 13.3. The highest BCUT2D eigenvalue weighted by Crippen LogP contribution is 2.25. The van der Waals surface area contributed by atoms with E-state index in [9.17, 15) is 4.79 Å². The first-order chi connectivity index (χ1) is 11.7. The summed E-state index contributed by atoms with van der Waals surface area (Å²) in [7, 11) is 0. The Hall–Kier alpha value is -1.89. The quantitative estimate of drug-likeness (QED) is 0.793. The third-order valence-corrected chi connectivity index (χ3v) is 4.78. The van der Waals surface area contributed by atoms with Gasteiger partial charge in [0.1, 0.15) is 0 Å². The van der Waals surface area contributed by atoms with Gasteiger partial charge in [0.25, 0.3) is 0 Å². The summed E-state index contributed by atoms with van der Waals surface area (Å²) < 4.78 is 1.75. The summed E-state index contributed by atoms with van der Waals surface area (Å²) in [6.07, 6.45) is 0. The second kappa shape index (κ2) is 7.99. The molecule has 0 spiro atoms. The second-order valence-electron chi connectivity index (χ2n) is 7.61. The summed E-state index contributed by atoms with van der Waals surface area (Å²) in [5.41, 5.74) is 2.13. The number of nitrogens with zero attached hydrogens (tertiary/aromatic N) is 4. The number of nitrogens with one attached hydrogen (secondary N) is 1. The molecule has 1 aromatic heterocycles. The van der Waals surface area contributed by atoms with Crippen LogP contribution in [0.1, 0.15) is 47.1 Å². The minimum atomic E-state index is -0.292.